The Morgan fingerprint density at radius 1 is 1.35 bits per heavy atom. The number of amides is 2. The van der Waals surface area contributed by atoms with E-state index in [9.17, 15) is 19.7 Å². The lowest BCUT2D eigenvalue weighted by molar-refractivity contribution is -0.386. The molecule has 0 radical (unpaired) electrons. The summed E-state index contributed by atoms with van der Waals surface area (Å²) in [6, 6.07) is 6.72. The van der Waals surface area contributed by atoms with Crippen molar-refractivity contribution in [1.82, 2.24) is 9.78 Å². The predicted molar refractivity (Wildman–Crippen MR) is 92.7 cm³/mol. The van der Waals surface area contributed by atoms with Gasteiger partial charge in [-0.3, -0.25) is 24.4 Å². The fraction of sp³-hybridized carbons (Fsp3) is 0.312. The highest BCUT2D eigenvalue weighted by molar-refractivity contribution is 5.92. The number of rotatable bonds is 8. The van der Waals surface area contributed by atoms with E-state index in [1.165, 1.54) is 18.5 Å². The lowest BCUT2D eigenvalue weighted by atomic mass is 10.3. The zero-order chi connectivity index (χ0) is 19.3. The molecule has 0 spiro atoms. The van der Waals surface area contributed by atoms with Crippen molar-refractivity contribution in [3.05, 3.63) is 45.8 Å². The molecule has 138 valence electrons. The van der Waals surface area contributed by atoms with Crippen LogP contribution in [-0.2, 0) is 16.1 Å². The van der Waals surface area contributed by atoms with Gasteiger partial charge in [0.2, 0.25) is 11.8 Å². The molecule has 0 aliphatic rings. The van der Waals surface area contributed by atoms with Gasteiger partial charge in [-0.15, -0.1) is 0 Å². The number of nitrogens with one attached hydrogen (secondary N) is 1. The third-order valence-corrected chi connectivity index (χ3v) is 3.59. The van der Waals surface area contributed by atoms with E-state index in [2.05, 4.69) is 10.4 Å². The molecule has 26 heavy (non-hydrogen) atoms. The highest BCUT2D eigenvalue weighted by Crippen LogP contribution is 2.25. The van der Waals surface area contributed by atoms with Gasteiger partial charge in [0.1, 0.15) is 23.7 Å². The third kappa shape index (κ3) is 4.56. The van der Waals surface area contributed by atoms with E-state index in [1.807, 2.05) is 0 Å². The number of carbonyl (C=O) groups is 2. The van der Waals surface area contributed by atoms with Crippen LogP contribution in [0.5, 0.6) is 5.75 Å². The number of hydrogen-bond acceptors (Lipinski definition) is 6. The maximum Gasteiger partial charge on any atom is 0.312 e. The first-order chi connectivity index (χ1) is 12.3. The van der Waals surface area contributed by atoms with Gasteiger partial charge in [-0.05, 0) is 26.0 Å². The van der Waals surface area contributed by atoms with E-state index in [1.54, 1.807) is 24.3 Å². The molecule has 0 saturated carbocycles. The summed E-state index contributed by atoms with van der Waals surface area (Å²) in [5.74, 6) is -0.518. The Hall–Kier alpha value is -3.43. The Morgan fingerprint density at radius 3 is 2.65 bits per heavy atom. The minimum absolute atomic E-state index is 0.0533. The van der Waals surface area contributed by atoms with Gasteiger partial charge in [0.05, 0.1) is 23.6 Å². The minimum atomic E-state index is -0.520. The molecule has 2 amide bonds. The summed E-state index contributed by atoms with van der Waals surface area (Å²) in [7, 11) is 0. The van der Waals surface area contributed by atoms with Crippen molar-refractivity contribution in [2.24, 2.45) is 5.73 Å². The summed E-state index contributed by atoms with van der Waals surface area (Å²) in [5, 5.41) is 17.7. The highest BCUT2D eigenvalue weighted by Gasteiger charge is 2.22. The lowest BCUT2D eigenvalue weighted by Gasteiger charge is -2.12. The van der Waals surface area contributed by atoms with Crippen LogP contribution in [0.3, 0.4) is 0 Å². The molecular formula is C16H19N5O5. The van der Waals surface area contributed by atoms with Gasteiger partial charge < -0.3 is 15.8 Å². The Bertz CT molecular complexity index is 846. The third-order valence-electron chi connectivity index (χ3n) is 3.59. The summed E-state index contributed by atoms with van der Waals surface area (Å²) in [5.41, 5.74) is 5.92. The van der Waals surface area contributed by atoms with E-state index in [0.29, 0.717) is 17.1 Å². The van der Waals surface area contributed by atoms with Crippen LogP contribution in [0.1, 0.15) is 17.8 Å². The molecule has 1 aromatic carbocycles. The standard InChI is InChI=1S/C16H19N5O5/c1-10-16(21(24)25)11(2)20(19-10)9-15(23)18-12-5-3-4-6-13(12)26-8-7-14(17)22/h3-6H,7-9H2,1-2H3,(H2,17,22)(H,18,23). The van der Waals surface area contributed by atoms with Crippen molar-refractivity contribution in [3.8, 4) is 5.75 Å². The molecule has 0 atom stereocenters. The van der Waals surface area contributed by atoms with Crippen molar-refractivity contribution in [3.63, 3.8) is 0 Å². The van der Waals surface area contributed by atoms with Gasteiger partial charge in [-0.2, -0.15) is 5.10 Å². The number of nitrogens with zero attached hydrogens (tertiary/aromatic N) is 3. The van der Waals surface area contributed by atoms with Gasteiger partial charge >= 0.3 is 5.69 Å². The maximum atomic E-state index is 12.3. The number of benzene rings is 1. The molecule has 10 heteroatoms. The molecule has 0 fully saturated rings. The summed E-state index contributed by atoms with van der Waals surface area (Å²) in [6.45, 7) is 2.95. The monoisotopic (exact) mass is 361 g/mol. The van der Waals surface area contributed by atoms with Crippen LogP contribution in [0.15, 0.2) is 24.3 Å². The van der Waals surface area contributed by atoms with Crippen LogP contribution in [0.2, 0.25) is 0 Å². The number of ether oxygens (including phenoxy) is 1. The molecule has 2 aromatic rings. The topological polar surface area (TPSA) is 142 Å². The molecule has 0 aliphatic heterocycles. The van der Waals surface area contributed by atoms with Gasteiger partial charge in [-0.25, -0.2) is 0 Å². The zero-order valence-electron chi connectivity index (χ0n) is 14.4. The number of nitro groups is 1. The predicted octanol–water partition coefficient (Wildman–Crippen LogP) is 1.30. The summed E-state index contributed by atoms with van der Waals surface area (Å²) in [6.07, 6.45) is 0.0533. The van der Waals surface area contributed by atoms with Crippen molar-refractivity contribution in [2.45, 2.75) is 26.8 Å². The molecule has 2 rings (SSSR count). The van der Waals surface area contributed by atoms with Crippen LogP contribution < -0.4 is 15.8 Å². The summed E-state index contributed by atoms with van der Waals surface area (Å²) < 4.78 is 6.73. The molecule has 3 N–H and O–H groups in total. The average Bonchev–Trinajstić information content (AvgIpc) is 2.82. The Balaban J connectivity index is 2.08. The number of aromatic nitrogens is 2. The lowest BCUT2D eigenvalue weighted by Crippen LogP contribution is -2.21. The summed E-state index contributed by atoms with van der Waals surface area (Å²) >= 11 is 0. The maximum absolute atomic E-state index is 12.3. The quantitative estimate of drug-likeness (QED) is 0.536. The fourth-order valence-corrected chi connectivity index (χ4v) is 2.39. The van der Waals surface area contributed by atoms with Gasteiger partial charge in [0.15, 0.2) is 0 Å². The number of hydrogen-bond donors (Lipinski definition) is 2. The second-order valence-corrected chi connectivity index (χ2v) is 5.54. The van der Waals surface area contributed by atoms with E-state index >= 15 is 0 Å². The minimum Gasteiger partial charge on any atom is -0.491 e. The zero-order valence-corrected chi connectivity index (χ0v) is 14.4. The molecule has 0 unspecified atom stereocenters. The number of primary amides is 1. The highest BCUT2D eigenvalue weighted by atomic mass is 16.6. The van der Waals surface area contributed by atoms with Gasteiger partial charge in [-0.1, -0.05) is 12.1 Å². The average molecular weight is 361 g/mol. The Labute approximate surface area is 149 Å². The van der Waals surface area contributed by atoms with Crippen LogP contribution in [0.25, 0.3) is 0 Å². The van der Waals surface area contributed by atoms with Gasteiger partial charge in [0, 0.05) is 0 Å². The first-order valence-corrected chi connectivity index (χ1v) is 7.78. The van der Waals surface area contributed by atoms with Crippen LogP contribution in [0.4, 0.5) is 11.4 Å². The molecule has 0 saturated heterocycles. The second kappa shape index (κ2) is 8.10. The van der Waals surface area contributed by atoms with Crippen LogP contribution in [-0.4, -0.2) is 33.1 Å². The first-order valence-electron chi connectivity index (χ1n) is 7.78. The number of nitrogens with two attached hydrogens (primary N) is 1. The molecule has 0 aliphatic carbocycles. The van der Waals surface area contributed by atoms with E-state index < -0.39 is 16.7 Å². The number of para-hydroxylation sites is 2. The van der Waals surface area contributed by atoms with Crippen molar-refractivity contribution in [1.29, 1.82) is 0 Å². The number of carbonyl (C=O) groups excluding carboxylic acids is 2. The molecule has 0 bridgehead atoms. The van der Waals surface area contributed by atoms with Crippen molar-refractivity contribution < 1.29 is 19.2 Å². The van der Waals surface area contributed by atoms with Crippen LogP contribution in [0, 0.1) is 24.0 Å². The van der Waals surface area contributed by atoms with Crippen LogP contribution >= 0.6 is 0 Å². The van der Waals surface area contributed by atoms with E-state index in [4.69, 9.17) is 10.5 Å². The normalized spacial score (nSPS) is 10.4. The fourth-order valence-electron chi connectivity index (χ4n) is 2.39. The largest absolute Gasteiger partial charge is 0.491 e. The Kier molecular flexibility index (Phi) is 5.89. The molecule has 1 heterocycles. The Morgan fingerprint density at radius 2 is 2.04 bits per heavy atom. The smallest absolute Gasteiger partial charge is 0.312 e. The summed E-state index contributed by atoms with van der Waals surface area (Å²) in [4.78, 5) is 33.6. The number of anilines is 1. The first kappa shape index (κ1) is 18.9. The SMILES string of the molecule is Cc1nn(CC(=O)Nc2ccccc2OCCC(N)=O)c(C)c1[N+](=O)[O-]. The van der Waals surface area contributed by atoms with E-state index in [0.717, 1.165) is 0 Å². The van der Waals surface area contributed by atoms with Gasteiger partial charge in [0.25, 0.3) is 0 Å². The molecule has 1 aromatic heterocycles. The van der Waals surface area contributed by atoms with Crippen molar-refractivity contribution >= 4 is 23.2 Å². The second-order valence-electron chi connectivity index (χ2n) is 5.54. The van der Waals surface area contributed by atoms with Crippen molar-refractivity contribution in [2.75, 3.05) is 11.9 Å². The molecule has 10 nitrogen and oxygen atoms in total. The molecular weight excluding hydrogens is 342 g/mol. The van der Waals surface area contributed by atoms with E-state index in [-0.39, 0.29) is 31.0 Å². The number of aryl methyl sites for hydroxylation is 1.